The molecule has 0 saturated carbocycles. The Bertz CT molecular complexity index is 408. The predicted octanol–water partition coefficient (Wildman–Crippen LogP) is 2.48. The van der Waals surface area contributed by atoms with E-state index in [4.69, 9.17) is 4.98 Å². The van der Waals surface area contributed by atoms with Crippen molar-refractivity contribution < 1.29 is 0 Å². The normalized spacial score (nSPS) is 17.1. The van der Waals surface area contributed by atoms with Gasteiger partial charge < -0.3 is 10.2 Å². The molecule has 2 heterocycles. The second-order valence-electron chi connectivity index (χ2n) is 5.80. The number of rotatable bonds is 6. The van der Waals surface area contributed by atoms with Crippen molar-refractivity contribution in [3.05, 3.63) is 10.6 Å². The first-order valence-corrected chi connectivity index (χ1v) is 8.59. The largest absolute Gasteiger partial charge is 0.346 e. The Morgan fingerprint density at radius 2 is 1.95 bits per heavy atom. The third-order valence-corrected chi connectivity index (χ3v) is 5.13. The minimum absolute atomic E-state index is 0.656. The monoisotopic (exact) mass is 296 g/mol. The van der Waals surface area contributed by atoms with Gasteiger partial charge in [0.05, 0.1) is 5.69 Å². The van der Waals surface area contributed by atoms with Gasteiger partial charge in [0.1, 0.15) is 0 Å². The first-order chi connectivity index (χ1) is 9.61. The van der Waals surface area contributed by atoms with Gasteiger partial charge in [0.2, 0.25) is 0 Å². The lowest BCUT2D eigenvalue weighted by Crippen LogP contribution is -2.48. The summed E-state index contributed by atoms with van der Waals surface area (Å²) in [5, 5.41) is 4.68. The SMILES string of the molecule is CCCNCc1sc(N2CCN(C(C)C)CC2)nc1C. The lowest BCUT2D eigenvalue weighted by molar-refractivity contribution is 0.209. The Morgan fingerprint density at radius 3 is 2.55 bits per heavy atom. The maximum atomic E-state index is 4.77. The van der Waals surface area contributed by atoms with E-state index < -0.39 is 0 Å². The molecule has 20 heavy (non-hydrogen) atoms. The highest BCUT2D eigenvalue weighted by Crippen LogP contribution is 2.27. The first-order valence-electron chi connectivity index (χ1n) is 7.77. The summed E-state index contributed by atoms with van der Waals surface area (Å²) in [6, 6.07) is 0.656. The van der Waals surface area contributed by atoms with E-state index in [1.54, 1.807) is 0 Å². The van der Waals surface area contributed by atoms with Crippen molar-refractivity contribution in [3.63, 3.8) is 0 Å². The number of hydrogen-bond acceptors (Lipinski definition) is 5. The van der Waals surface area contributed by atoms with Gasteiger partial charge in [0.25, 0.3) is 0 Å². The van der Waals surface area contributed by atoms with Crippen LogP contribution in [0.3, 0.4) is 0 Å². The van der Waals surface area contributed by atoms with Gasteiger partial charge in [-0.05, 0) is 33.7 Å². The van der Waals surface area contributed by atoms with Crippen molar-refractivity contribution in [3.8, 4) is 0 Å². The molecule has 1 aromatic heterocycles. The van der Waals surface area contributed by atoms with E-state index in [0.29, 0.717) is 6.04 Å². The quantitative estimate of drug-likeness (QED) is 0.817. The zero-order valence-electron chi connectivity index (χ0n) is 13.3. The molecule has 1 aliphatic rings. The molecule has 0 aliphatic carbocycles. The van der Waals surface area contributed by atoms with E-state index >= 15 is 0 Å². The van der Waals surface area contributed by atoms with Crippen LogP contribution >= 0.6 is 11.3 Å². The van der Waals surface area contributed by atoms with Crippen molar-refractivity contribution >= 4 is 16.5 Å². The summed E-state index contributed by atoms with van der Waals surface area (Å²) in [5.41, 5.74) is 1.19. The van der Waals surface area contributed by atoms with Gasteiger partial charge in [0.15, 0.2) is 5.13 Å². The smallest absolute Gasteiger partial charge is 0.185 e. The van der Waals surface area contributed by atoms with Gasteiger partial charge >= 0.3 is 0 Å². The predicted molar refractivity (Wildman–Crippen MR) is 87.8 cm³/mol. The molecule has 0 amide bonds. The highest BCUT2D eigenvalue weighted by atomic mass is 32.1. The molecular weight excluding hydrogens is 268 g/mol. The maximum absolute atomic E-state index is 4.77. The zero-order chi connectivity index (χ0) is 14.5. The van der Waals surface area contributed by atoms with Gasteiger partial charge in [-0.2, -0.15) is 0 Å². The van der Waals surface area contributed by atoms with Crippen LogP contribution in [0.25, 0.3) is 0 Å². The first kappa shape index (κ1) is 15.7. The maximum Gasteiger partial charge on any atom is 0.185 e. The molecule has 0 unspecified atom stereocenters. The third kappa shape index (κ3) is 3.93. The highest BCUT2D eigenvalue weighted by Gasteiger charge is 2.21. The number of nitrogens with one attached hydrogen (secondary N) is 1. The minimum Gasteiger partial charge on any atom is -0.346 e. The summed E-state index contributed by atoms with van der Waals surface area (Å²) in [4.78, 5) is 11.1. The van der Waals surface area contributed by atoms with E-state index in [9.17, 15) is 0 Å². The Labute approximate surface area is 127 Å². The lowest BCUT2D eigenvalue weighted by Gasteiger charge is -2.36. The van der Waals surface area contributed by atoms with Crippen molar-refractivity contribution in [2.75, 3.05) is 37.6 Å². The molecule has 4 nitrogen and oxygen atoms in total. The van der Waals surface area contributed by atoms with E-state index in [0.717, 1.165) is 39.3 Å². The zero-order valence-corrected chi connectivity index (χ0v) is 14.1. The van der Waals surface area contributed by atoms with Gasteiger partial charge in [-0.1, -0.05) is 6.92 Å². The summed E-state index contributed by atoms with van der Waals surface area (Å²) >= 11 is 1.86. The van der Waals surface area contributed by atoms with Crippen molar-refractivity contribution in [1.82, 2.24) is 15.2 Å². The highest BCUT2D eigenvalue weighted by molar-refractivity contribution is 7.15. The second kappa shape index (κ2) is 7.38. The molecule has 0 radical (unpaired) electrons. The number of nitrogens with zero attached hydrogens (tertiary/aromatic N) is 3. The molecule has 0 bridgehead atoms. The van der Waals surface area contributed by atoms with Crippen LogP contribution in [0.5, 0.6) is 0 Å². The number of piperazine rings is 1. The molecule has 5 heteroatoms. The van der Waals surface area contributed by atoms with E-state index in [1.165, 1.54) is 22.1 Å². The minimum atomic E-state index is 0.656. The molecule has 0 atom stereocenters. The number of aryl methyl sites for hydroxylation is 1. The fraction of sp³-hybridized carbons (Fsp3) is 0.800. The van der Waals surface area contributed by atoms with E-state index in [-0.39, 0.29) is 0 Å². The van der Waals surface area contributed by atoms with Crippen LogP contribution in [0.4, 0.5) is 5.13 Å². The van der Waals surface area contributed by atoms with Crippen LogP contribution < -0.4 is 10.2 Å². The summed E-state index contributed by atoms with van der Waals surface area (Å²) in [6.07, 6.45) is 1.18. The number of hydrogen-bond donors (Lipinski definition) is 1. The van der Waals surface area contributed by atoms with Crippen LogP contribution in [0.1, 0.15) is 37.8 Å². The molecule has 1 fully saturated rings. The summed E-state index contributed by atoms with van der Waals surface area (Å²) in [5.74, 6) is 0. The summed E-state index contributed by atoms with van der Waals surface area (Å²) < 4.78 is 0. The Balaban J connectivity index is 1.92. The average molecular weight is 296 g/mol. The molecule has 114 valence electrons. The fourth-order valence-corrected chi connectivity index (χ4v) is 3.60. The van der Waals surface area contributed by atoms with Crippen molar-refractivity contribution in [1.29, 1.82) is 0 Å². The summed E-state index contributed by atoms with van der Waals surface area (Å²) in [7, 11) is 0. The topological polar surface area (TPSA) is 31.4 Å². The van der Waals surface area contributed by atoms with Gasteiger partial charge in [-0.25, -0.2) is 4.98 Å². The Kier molecular flexibility index (Phi) is 5.81. The van der Waals surface area contributed by atoms with Crippen LogP contribution in [0.15, 0.2) is 0 Å². The average Bonchev–Trinajstić information content (AvgIpc) is 2.81. The molecule has 0 spiro atoms. The van der Waals surface area contributed by atoms with Crippen molar-refractivity contribution in [2.24, 2.45) is 0 Å². The number of aromatic nitrogens is 1. The van der Waals surface area contributed by atoms with Crippen LogP contribution in [-0.2, 0) is 6.54 Å². The second-order valence-corrected chi connectivity index (χ2v) is 6.86. The summed E-state index contributed by atoms with van der Waals surface area (Å²) in [6.45, 7) is 15.4. The standard InChI is InChI=1S/C15H28N4S/c1-5-6-16-11-14-13(4)17-15(20-14)19-9-7-18(8-10-19)12(2)3/h12,16H,5-11H2,1-4H3. The molecule has 1 N–H and O–H groups in total. The fourth-order valence-electron chi connectivity index (χ4n) is 2.52. The molecule has 1 saturated heterocycles. The van der Waals surface area contributed by atoms with E-state index in [2.05, 4.69) is 42.8 Å². The third-order valence-electron chi connectivity index (χ3n) is 3.91. The molecule has 2 rings (SSSR count). The number of thiazole rings is 1. The Hall–Kier alpha value is -0.650. The van der Waals surface area contributed by atoms with Gasteiger partial charge in [0, 0.05) is 43.6 Å². The van der Waals surface area contributed by atoms with Crippen molar-refractivity contribution in [2.45, 2.75) is 46.7 Å². The molecular formula is C15H28N4S. The van der Waals surface area contributed by atoms with E-state index in [1.807, 2.05) is 11.3 Å². The lowest BCUT2D eigenvalue weighted by atomic mass is 10.2. The van der Waals surface area contributed by atoms with Crippen LogP contribution in [0.2, 0.25) is 0 Å². The molecule has 1 aliphatic heterocycles. The molecule has 0 aromatic carbocycles. The van der Waals surface area contributed by atoms with Gasteiger partial charge in [-0.3, -0.25) is 4.90 Å². The Morgan fingerprint density at radius 1 is 1.25 bits per heavy atom. The van der Waals surface area contributed by atoms with Crippen LogP contribution in [-0.4, -0.2) is 48.6 Å². The van der Waals surface area contributed by atoms with Gasteiger partial charge in [-0.15, -0.1) is 11.3 Å². The number of anilines is 1. The van der Waals surface area contributed by atoms with Crippen LogP contribution in [0, 0.1) is 6.92 Å². The molecule has 1 aromatic rings.